The molecule has 0 fully saturated rings. The fourth-order valence-corrected chi connectivity index (χ4v) is 1.56. The summed E-state index contributed by atoms with van der Waals surface area (Å²) in [5.41, 5.74) is 0. The summed E-state index contributed by atoms with van der Waals surface area (Å²) in [6, 6.07) is 0. The van der Waals surface area contributed by atoms with Gasteiger partial charge in [-0.05, 0) is 0 Å². The van der Waals surface area contributed by atoms with Gasteiger partial charge >= 0.3 is 0 Å². The standard InChI is InChI=1S/C12H26.C2H4O2/c1-3-5-7-9-11-12-10-8-6-4-2;1-2(3)4/h3-12H2,1-2H3;1H3,(H,3,4). The predicted octanol–water partition coefficient (Wildman–Crippen LogP) is 5.02. The van der Waals surface area contributed by atoms with Crippen LogP contribution in [-0.4, -0.2) is 11.1 Å². The molecular weight excluding hydrogens is 200 g/mol. The van der Waals surface area contributed by atoms with E-state index < -0.39 is 5.97 Å². The van der Waals surface area contributed by atoms with Crippen molar-refractivity contribution in [1.82, 2.24) is 0 Å². The van der Waals surface area contributed by atoms with Gasteiger partial charge in [-0.1, -0.05) is 78.1 Å². The minimum Gasteiger partial charge on any atom is -0.481 e. The summed E-state index contributed by atoms with van der Waals surface area (Å²) < 4.78 is 0. The minimum atomic E-state index is -0.833. The average molecular weight is 230 g/mol. The maximum absolute atomic E-state index is 9.00. The molecule has 1 N–H and O–H groups in total. The fourth-order valence-electron chi connectivity index (χ4n) is 1.56. The van der Waals surface area contributed by atoms with Crippen molar-refractivity contribution in [2.45, 2.75) is 85.0 Å². The lowest BCUT2D eigenvalue weighted by Gasteiger charge is -1.99. The van der Waals surface area contributed by atoms with Crippen LogP contribution >= 0.6 is 0 Å². The van der Waals surface area contributed by atoms with E-state index in [1.807, 2.05) is 0 Å². The first kappa shape index (κ1) is 17.9. The third-order valence-corrected chi connectivity index (χ3v) is 2.46. The molecule has 0 spiro atoms. The highest BCUT2D eigenvalue weighted by Crippen LogP contribution is 2.09. The first-order valence-electron chi connectivity index (χ1n) is 6.84. The van der Waals surface area contributed by atoms with Gasteiger partial charge < -0.3 is 5.11 Å². The van der Waals surface area contributed by atoms with Crippen molar-refractivity contribution in [1.29, 1.82) is 0 Å². The summed E-state index contributed by atoms with van der Waals surface area (Å²) in [7, 11) is 0. The molecule has 0 saturated carbocycles. The first-order chi connectivity index (χ1) is 7.65. The lowest BCUT2D eigenvalue weighted by Crippen LogP contribution is -1.80. The molecule has 0 heterocycles. The molecule has 0 atom stereocenters. The Morgan fingerprint density at radius 1 is 0.750 bits per heavy atom. The highest BCUT2D eigenvalue weighted by Gasteiger charge is 1.90. The number of carboxylic acid groups (broad SMARTS) is 1. The third kappa shape index (κ3) is 29.2. The second kappa shape index (κ2) is 16.9. The van der Waals surface area contributed by atoms with Crippen LogP contribution in [0, 0.1) is 0 Å². The Balaban J connectivity index is 0. The number of unbranched alkanes of at least 4 members (excludes halogenated alkanes) is 9. The van der Waals surface area contributed by atoms with Gasteiger partial charge in [0.25, 0.3) is 5.97 Å². The van der Waals surface area contributed by atoms with E-state index in [4.69, 9.17) is 9.90 Å². The van der Waals surface area contributed by atoms with E-state index in [9.17, 15) is 0 Å². The van der Waals surface area contributed by atoms with Gasteiger partial charge in [0.15, 0.2) is 0 Å². The van der Waals surface area contributed by atoms with Crippen LogP contribution in [0.5, 0.6) is 0 Å². The summed E-state index contributed by atoms with van der Waals surface area (Å²) in [6.07, 6.45) is 14.4. The first-order valence-corrected chi connectivity index (χ1v) is 6.84. The second-order valence-corrected chi connectivity index (χ2v) is 4.35. The Bertz CT molecular complexity index is 119. The van der Waals surface area contributed by atoms with Gasteiger partial charge in [0.1, 0.15) is 0 Å². The molecule has 2 heteroatoms. The number of aliphatic carboxylic acids is 1. The molecule has 98 valence electrons. The van der Waals surface area contributed by atoms with E-state index in [-0.39, 0.29) is 0 Å². The van der Waals surface area contributed by atoms with Crippen LogP contribution in [0.1, 0.15) is 85.0 Å². The average Bonchev–Trinajstić information content (AvgIpc) is 2.21. The smallest absolute Gasteiger partial charge is 0.300 e. The van der Waals surface area contributed by atoms with Gasteiger partial charge in [-0.3, -0.25) is 4.79 Å². The molecule has 0 aromatic rings. The number of hydrogen-bond acceptors (Lipinski definition) is 1. The van der Waals surface area contributed by atoms with Crippen LogP contribution in [0.25, 0.3) is 0 Å². The van der Waals surface area contributed by atoms with E-state index >= 15 is 0 Å². The van der Waals surface area contributed by atoms with Gasteiger partial charge in [0.2, 0.25) is 0 Å². The molecule has 0 saturated heterocycles. The molecule has 0 aromatic heterocycles. The number of carbonyl (C=O) groups is 1. The molecule has 16 heavy (non-hydrogen) atoms. The zero-order chi connectivity index (χ0) is 12.6. The summed E-state index contributed by atoms with van der Waals surface area (Å²) in [6.45, 7) is 5.64. The van der Waals surface area contributed by atoms with Gasteiger partial charge in [-0.25, -0.2) is 0 Å². The van der Waals surface area contributed by atoms with E-state index in [0.29, 0.717) is 0 Å². The lowest BCUT2D eigenvalue weighted by atomic mass is 10.1. The van der Waals surface area contributed by atoms with Crippen LogP contribution in [0.2, 0.25) is 0 Å². The van der Waals surface area contributed by atoms with E-state index in [2.05, 4.69) is 13.8 Å². The molecule has 0 aliphatic carbocycles. The van der Waals surface area contributed by atoms with Crippen LogP contribution in [0.15, 0.2) is 0 Å². The van der Waals surface area contributed by atoms with Gasteiger partial charge in [0, 0.05) is 6.92 Å². The SMILES string of the molecule is CC(=O)O.CCCCCCCCCCCC. The van der Waals surface area contributed by atoms with E-state index in [0.717, 1.165) is 6.92 Å². The molecule has 0 rings (SSSR count). The molecule has 0 amide bonds. The Kier molecular flexibility index (Phi) is 18.8. The second-order valence-electron chi connectivity index (χ2n) is 4.35. The molecular formula is C14H30O2. The molecule has 0 aromatic carbocycles. The molecule has 0 radical (unpaired) electrons. The zero-order valence-corrected chi connectivity index (χ0v) is 11.4. The zero-order valence-electron chi connectivity index (χ0n) is 11.4. The van der Waals surface area contributed by atoms with Gasteiger partial charge in [-0.15, -0.1) is 0 Å². The van der Waals surface area contributed by atoms with Crippen molar-refractivity contribution >= 4 is 5.97 Å². The van der Waals surface area contributed by atoms with Crippen LogP contribution < -0.4 is 0 Å². The normalized spacial score (nSPS) is 9.44. The summed E-state index contributed by atoms with van der Waals surface area (Å²) >= 11 is 0. The van der Waals surface area contributed by atoms with Crippen molar-refractivity contribution in [3.05, 3.63) is 0 Å². The van der Waals surface area contributed by atoms with Crippen molar-refractivity contribution in [3.8, 4) is 0 Å². The van der Waals surface area contributed by atoms with Crippen molar-refractivity contribution < 1.29 is 9.90 Å². The predicted molar refractivity (Wildman–Crippen MR) is 70.8 cm³/mol. The van der Waals surface area contributed by atoms with Gasteiger partial charge in [0.05, 0.1) is 0 Å². The molecule has 0 unspecified atom stereocenters. The Hall–Kier alpha value is -0.530. The number of rotatable bonds is 9. The highest BCUT2D eigenvalue weighted by atomic mass is 16.4. The topological polar surface area (TPSA) is 37.3 Å². The summed E-state index contributed by atoms with van der Waals surface area (Å²) in [5.74, 6) is -0.833. The highest BCUT2D eigenvalue weighted by molar-refractivity contribution is 5.62. The third-order valence-electron chi connectivity index (χ3n) is 2.46. The van der Waals surface area contributed by atoms with Crippen molar-refractivity contribution in [3.63, 3.8) is 0 Å². The maximum Gasteiger partial charge on any atom is 0.300 e. The van der Waals surface area contributed by atoms with Crippen molar-refractivity contribution in [2.75, 3.05) is 0 Å². The fraction of sp³-hybridized carbons (Fsp3) is 0.929. The number of carboxylic acids is 1. The monoisotopic (exact) mass is 230 g/mol. The van der Waals surface area contributed by atoms with Crippen LogP contribution in [0.3, 0.4) is 0 Å². The quantitative estimate of drug-likeness (QED) is 0.565. The largest absolute Gasteiger partial charge is 0.481 e. The Morgan fingerprint density at radius 2 is 0.938 bits per heavy atom. The Labute approximate surface area is 101 Å². The molecule has 0 bridgehead atoms. The Morgan fingerprint density at radius 3 is 1.12 bits per heavy atom. The lowest BCUT2D eigenvalue weighted by molar-refractivity contribution is -0.134. The summed E-state index contributed by atoms with van der Waals surface area (Å²) in [5, 5.41) is 7.42. The molecule has 0 aliphatic rings. The van der Waals surface area contributed by atoms with E-state index in [1.165, 1.54) is 64.2 Å². The number of hydrogen-bond donors (Lipinski definition) is 1. The van der Waals surface area contributed by atoms with E-state index in [1.54, 1.807) is 0 Å². The van der Waals surface area contributed by atoms with Crippen molar-refractivity contribution in [2.24, 2.45) is 0 Å². The van der Waals surface area contributed by atoms with Crippen LogP contribution in [-0.2, 0) is 4.79 Å². The molecule has 2 nitrogen and oxygen atoms in total. The maximum atomic E-state index is 9.00. The minimum absolute atomic E-state index is 0.833. The molecule has 0 aliphatic heterocycles. The van der Waals surface area contributed by atoms with Gasteiger partial charge in [-0.2, -0.15) is 0 Å². The summed E-state index contributed by atoms with van der Waals surface area (Å²) in [4.78, 5) is 9.00. The van der Waals surface area contributed by atoms with Crippen LogP contribution in [0.4, 0.5) is 0 Å².